The summed E-state index contributed by atoms with van der Waals surface area (Å²) >= 11 is 12.0. The molecule has 0 saturated heterocycles. The minimum absolute atomic E-state index is 0.00305. The smallest absolute Gasteiger partial charge is 0.410 e. The van der Waals surface area contributed by atoms with E-state index in [1.807, 2.05) is 0 Å². The van der Waals surface area contributed by atoms with Gasteiger partial charge < -0.3 is 15.4 Å². The fourth-order valence-corrected chi connectivity index (χ4v) is 5.36. The SMILES string of the molecule is CN(C(=O)OCc1c(C2(C(N)=O)CC2)c(C#N)nn1-c1c(Cl)cc(S(F)(F)(F)(F)F)cc1Cl)C1CC1. The number of hydrogen-bond donors (Lipinski definition) is 1. The van der Waals surface area contributed by atoms with Crippen LogP contribution in [-0.2, 0) is 21.6 Å². The molecule has 2 fully saturated rings. The molecule has 2 aliphatic carbocycles. The van der Waals surface area contributed by atoms with Gasteiger partial charge in [-0.1, -0.05) is 42.6 Å². The van der Waals surface area contributed by atoms with E-state index in [0.29, 0.717) is 0 Å². The lowest BCUT2D eigenvalue weighted by molar-refractivity contribution is -0.120. The summed E-state index contributed by atoms with van der Waals surface area (Å²) in [6.45, 7) is -0.592. The largest absolute Gasteiger partial charge is 0.443 e. The number of aromatic nitrogens is 2. The first kappa shape index (κ1) is 26.3. The van der Waals surface area contributed by atoms with Crippen LogP contribution in [0, 0.1) is 11.3 Å². The van der Waals surface area contributed by atoms with Crippen LogP contribution in [0.3, 0.4) is 0 Å². The third-order valence-corrected chi connectivity index (χ3v) is 7.85. The number of nitrogens with two attached hydrogens (primary N) is 1. The minimum Gasteiger partial charge on any atom is -0.443 e. The molecule has 2 amide bonds. The maximum atomic E-state index is 13.4. The molecule has 2 aromatic rings. The van der Waals surface area contributed by atoms with Crippen molar-refractivity contribution in [3.63, 3.8) is 0 Å². The highest BCUT2D eigenvalue weighted by Gasteiger charge is 2.65. The summed E-state index contributed by atoms with van der Waals surface area (Å²) < 4.78 is 72.9. The second-order valence-corrected chi connectivity index (χ2v) is 12.0. The number of carbonyl (C=O) groups is 2. The highest BCUT2D eigenvalue weighted by molar-refractivity contribution is 8.45. The van der Waals surface area contributed by atoms with E-state index in [1.54, 1.807) is 6.07 Å². The lowest BCUT2D eigenvalue weighted by atomic mass is 9.93. The van der Waals surface area contributed by atoms with E-state index in [9.17, 15) is 34.3 Å². The number of nitriles is 1. The van der Waals surface area contributed by atoms with Gasteiger partial charge in [0.25, 0.3) is 0 Å². The highest BCUT2D eigenvalue weighted by Crippen LogP contribution is 3.02. The predicted molar refractivity (Wildman–Crippen MR) is 121 cm³/mol. The molecule has 1 aromatic heterocycles. The van der Waals surface area contributed by atoms with Gasteiger partial charge in [-0.05, 0) is 37.8 Å². The summed E-state index contributed by atoms with van der Waals surface area (Å²) in [5.74, 6) is -0.797. The predicted octanol–water partition coefficient (Wildman–Crippen LogP) is 5.96. The van der Waals surface area contributed by atoms with Gasteiger partial charge in [-0.25, -0.2) is 9.48 Å². The van der Waals surface area contributed by atoms with E-state index in [1.165, 1.54) is 11.9 Å². The molecule has 2 N–H and O–H groups in total. The first-order valence-corrected chi connectivity index (χ1v) is 13.1. The van der Waals surface area contributed by atoms with E-state index in [2.05, 4.69) is 5.10 Å². The lowest BCUT2D eigenvalue weighted by Crippen LogP contribution is -2.31. The number of halogens is 7. The first-order chi connectivity index (χ1) is 16.4. The van der Waals surface area contributed by atoms with E-state index in [4.69, 9.17) is 33.7 Å². The van der Waals surface area contributed by atoms with Crippen LogP contribution in [0.15, 0.2) is 17.0 Å². The van der Waals surface area contributed by atoms with E-state index < -0.39 is 54.9 Å². The number of rotatable bonds is 7. The Bertz CT molecular complexity index is 1330. The Kier molecular flexibility index (Phi) is 5.57. The van der Waals surface area contributed by atoms with Gasteiger partial charge in [-0.2, -0.15) is 10.4 Å². The van der Waals surface area contributed by atoms with Crippen LogP contribution in [0.2, 0.25) is 10.0 Å². The van der Waals surface area contributed by atoms with Crippen molar-refractivity contribution in [2.45, 2.75) is 48.6 Å². The zero-order chi connectivity index (χ0) is 26.9. The molecule has 0 atom stereocenters. The van der Waals surface area contributed by atoms with Crippen molar-refractivity contribution in [1.82, 2.24) is 14.7 Å². The van der Waals surface area contributed by atoms with Gasteiger partial charge >= 0.3 is 16.3 Å². The summed E-state index contributed by atoms with van der Waals surface area (Å²) in [4.78, 5) is 23.7. The van der Waals surface area contributed by atoms with Crippen molar-refractivity contribution >= 4 is 45.4 Å². The molecule has 2 aliphatic rings. The molecular formula is C20H18Cl2F5N5O3S. The Hall–Kier alpha value is -2.76. The van der Waals surface area contributed by atoms with Crippen LogP contribution in [0.25, 0.3) is 5.69 Å². The third-order valence-electron chi connectivity index (χ3n) is 6.15. The maximum absolute atomic E-state index is 13.4. The van der Waals surface area contributed by atoms with Crippen molar-refractivity contribution in [3.8, 4) is 11.8 Å². The second kappa shape index (κ2) is 7.62. The zero-order valence-corrected chi connectivity index (χ0v) is 20.7. The molecule has 0 radical (unpaired) electrons. The van der Waals surface area contributed by atoms with Crippen LogP contribution in [0.5, 0.6) is 0 Å². The number of nitrogens with zero attached hydrogens (tertiary/aromatic N) is 4. The molecule has 36 heavy (non-hydrogen) atoms. The summed E-state index contributed by atoms with van der Waals surface area (Å²) in [7, 11) is -8.63. The number of hydrogen-bond acceptors (Lipinski definition) is 5. The molecule has 0 bridgehead atoms. The van der Waals surface area contributed by atoms with Gasteiger partial charge in [-0.3, -0.25) is 4.79 Å². The van der Waals surface area contributed by atoms with Crippen molar-refractivity contribution in [2.75, 3.05) is 7.05 Å². The fourth-order valence-electron chi connectivity index (χ4n) is 3.91. The molecule has 16 heteroatoms. The monoisotopic (exact) mass is 573 g/mol. The van der Waals surface area contributed by atoms with Crippen molar-refractivity contribution in [2.24, 2.45) is 5.73 Å². The minimum atomic E-state index is -10.1. The third kappa shape index (κ3) is 4.67. The van der Waals surface area contributed by atoms with Crippen molar-refractivity contribution < 1.29 is 33.8 Å². The number of carbonyl (C=O) groups excluding carboxylic acids is 2. The van der Waals surface area contributed by atoms with Crippen LogP contribution in [-0.4, -0.2) is 39.8 Å². The van der Waals surface area contributed by atoms with Gasteiger partial charge in [0.1, 0.15) is 23.3 Å². The number of amides is 2. The van der Waals surface area contributed by atoms with Gasteiger partial charge in [0, 0.05) is 18.7 Å². The average Bonchev–Trinajstić information content (AvgIpc) is 3.66. The Morgan fingerprint density at radius 3 is 2.22 bits per heavy atom. The van der Waals surface area contributed by atoms with Crippen LogP contribution in [0.4, 0.5) is 24.2 Å². The Morgan fingerprint density at radius 1 is 1.25 bits per heavy atom. The molecule has 1 heterocycles. The molecular weight excluding hydrogens is 556 g/mol. The van der Waals surface area contributed by atoms with Crippen molar-refractivity contribution in [1.29, 1.82) is 5.26 Å². The number of ether oxygens (including phenoxy) is 1. The van der Waals surface area contributed by atoms with Crippen LogP contribution < -0.4 is 5.73 Å². The lowest BCUT2D eigenvalue weighted by Gasteiger charge is -2.40. The highest BCUT2D eigenvalue weighted by atomic mass is 35.5. The van der Waals surface area contributed by atoms with Crippen LogP contribution >= 0.6 is 33.4 Å². The van der Waals surface area contributed by atoms with Gasteiger partial charge in [0.2, 0.25) is 5.91 Å². The number of primary amides is 1. The molecule has 0 unspecified atom stereocenters. The van der Waals surface area contributed by atoms with Crippen molar-refractivity contribution in [3.05, 3.63) is 39.1 Å². The van der Waals surface area contributed by atoms with E-state index in [-0.39, 0.29) is 48.0 Å². The molecule has 2 saturated carbocycles. The maximum Gasteiger partial charge on any atom is 0.410 e. The zero-order valence-electron chi connectivity index (χ0n) is 18.4. The molecule has 8 nitrogen and oxygen atoms in total. The summed E-state index contributed by atoms with van der Waals surface area (Å²) in [6.07, 6.45) is 1.28. The van der Waals surface area contributed by atoms with Crippen LogP contribution in [0.1, 0.15) is 42.6 Å². The Morgan fingerprint density at radius 2 is 1.81 bits per heavy atom. The number of benzene rings is 1. The second-order valence-electron chi connectivity index (χ2n) is 8.74. The molecule has 0 aliphatic heterocycles. The van der Waals surface area contributed by atoms with Gasteiger partial charge in [0.15, 0.2) is 5.69 Å². The molecule has 196 valence electrons. The average molecular weight is 574 g/mol. The van der Waals surface area contributed by atoms with E-state index >= 15 is 0 Å². The molecule has 4 rings (SSSR count). The summed E-state index contributed by atoms with van der Waals surface area (Å²) in [6, 6.07) is 1.76. The summed E-state index contributed by atoms with van der Waals surface area (Å²) in [5.41, 5.74) is 3.30. The fraction of sp³-hybridized carbons (Fsp3) is 0.400. The van der Waals surface area contributed by atoms with Gasteiger partial charge in [0.05, 0.1) is 21.2 Å². The van der Waals surface area contributed by atoms with E-state index in [0.717, 1.165) is 17.5 Å². The Balaban J connectivity index is 1.88. The first-order valence-electron chi connectivity index (χ1n) is 10.3. The quantitative estimate of drug-likeness (QED) is 0.411. The molecule has 1 aromatic carbocycles. The summed E-state index contributed by atoms with van der Waals surface area (Å²) in [5, 5.41) is 12.0. The molecule has 0 spiro atoms. The van der Waals surface area contributed by atoms with Gasteiger partial charge in [-0.15, -0.1) is 0 Å². The Labute approximate surface area is 211 Å². The standard InChI is InChI=1S/C20H18Cl2F5N5O3S/c1-31(10-2-3-10)19(34)35-9-15-16(20(4-5-20)18(29)33)14(8-28)30-32(15)17-12(21)6-11(7-13(17)22)36(23,24,25,26)27/h6-7,10H,2-5,9H2,1H3,(H2,29,33). The normalized spacial score (nSPS) is 18.5. The topological polar surface area (TPSA) is 114 Å².